The highest BCUT2D eigenvalue weighted by Gasteiger charge is 2.18. The molecule has 24 heavy (non-hydrogen) atoms. The molecule has 1 unspecified atom stereocenters. The van der Waals surface area contributed by atoms with Gasteiger partial charge in [0, 0.05) is 18.3 Å². The van der Waals surface area contributed by atoms with E-state index < -0.39 is 11.6 Å². The molecule has 4 rings (SSSR count). The summed E-state index contributed by atoms with van der Waals surface area (Å²) in [5, 5.41) is 11.7. The second kappa shape index (κ2) is 5.79. The lowest BCUT2D eigenvalue weighted by Crippen LogP contribution is -2.11. The minimum Gasteiger partial charge on any atom is -0.309 e. The number of aromatic nitrogens is 4. The first-order valence-corrected chi connectivity index (χ1v) is 7.60. The van der Waals surface area contributed by atoms with Gasteiger partial charge in [-0.2, -0.15) is 5.10 Å². The summed E-state index contributed by atoms with van der Waals surface area (Å²) in [6.45, 7) is 0.594. The molecule has 0 amide bonds. The van der Waals surface area contributed by atoms with E-state index in [1.54, 1.807) is 12.3 Å². The molecule has 3 heterocycles. The summed E-state index contributed by atoms with van der Waals surface area (Å²) >= 11 is 5.88. The van der Waals surface area contributed by atoms with Gasteiger partial charge in [0.1, 0.15) is 17.2 Å². The topological polar surface area (TPSA) is 68.0 Å². The van der Waals surface area contributed by atoms with Crippen LogP contribution in [0.5, 0.6) is 0 Å². The normalized spacial score (nSPS) is 16.7. The molecule has 2 aromatic heterocycles. The molecule has 0 bridgehead atoms. The van der Waals surface area contributed by atoms with Crippen molar-refractivity contribution >= 4 is 29.0 Å². The van der Waals surface area contributed by atoms with Crippen LogP contribution in [0.2, 0.25) is 5.02 Å². The molecular formula is C15H11ClF2N6. The van der Waals surface area contributed by atoms with Gasteiger partial charge in [0.25, 0.3) is 0 Å². The van der Waals surface area contributed by atoms with Crippen LogP contribution in [0.4, 0.5) is 8.78 Å². The summed E-state index contributed by atoms with van der Waals surface area (Å²) in [5.41, 5.74) is 4.73. The van der Waals surface area contributed by atoms with Gasteiger partial charge in [0.2, 0.25) is 0 Å². The second-order valence-electron chi connectivity index (χ2n) is 5.39. The van der Waals surface area contributed by atoms with E-state index in [0.29, 0.717) is 17.7 Å². The molecule has 1 aromatic carbocycles. The summed E-state index contributed by atoms with van der Waals surface area (Å²) in [5.74, 6) is -1.24. The lowest BCUT2D eigenvalue weighted by molar-refractivity contribution is 0.564. The first kappa shape index (κ1) is 14.9. The molecule has 0 saturated carbocycles. The van der Waals surface area contributed by atoms with E-state index in [0.717, 1.165) is 17.8 Å². The summed E-state index contributed by atoms with van der Waals surface area (Å²) in [6.07, 6.45) is 1.77. The first-order chi connectivity index (χ1) is 11.6. The Balaban J connectivity index is 1.76. The van der Waals surface area contributed by atoms with E-state index in [-0.39, 0.29) is 23.0 Å². The number of hydrogen-bond acceptors (Lipinski definition) is 5. The van der Waals surface area contributed by atoms with Gasteiger partial charge in [-0.3, -0.25) is 0 Å². The molecule has 0 radical (unpaired) electrons. The minimum absolute atomic E-state index is 0.0137. The van der Waals surface area contributed by atoms with Crippen LogP contribution in [0.3, 0.4) is 0 Å². The molecule has 0 aliphatic carbocycles. The average Bonchev–Trinajstić information content (AvgIpc) is 3.24. The summed E-state index contributed by atoms with van der Waals surface area (Å²) in [4.78, 5) is 4.54. The van der Waals surface area contributed by atoms with Crippen molar-refractivity contribution in [2.75, 3.05) is 6.54 Å². The molecule has 9 heteroatoms. The molecule has 1 aliphatic heterocycles. The smallest absolute Gasteiger partial charge is 0.179 e. The number of hydrazone groups is 1. The quantitative estimate of drug-likeness (QED) is 0.738. The number of nitrogens with zero attached hydrogens (tertiary/aromatic N) is 5. The van der Waals surface area contributed by atoms with E-state index in [1.807, 2.05) is 6.07 Å². The van der Waals surface area contributed by atoms with Crippen LogP contribution in [-0.2, 0) is 6.54 Å². The van der Waals surface area contributed by atoms with Crippen molar-refractivity contribution in [3.63, 3.8) is 0 Å². The highest BCUT2D eigenvalue weighted by atomic mass is 35.5. The Morgan fingerprint density at radius 2 is 2.04 bits per heavy atom. The molecule has 0 spiro atoms. The largest absolute Gasteiger partial charge is 0.309 e. The van der Waals surface area contributed by atoms with Crippen LogP contribution in [-0.4, -0.2) is 32.7 Å². The van der Waals surface area contributed by atoms with Gasteiger partial charge < -0.3 is 5.43 Å². The molecule has 6 nitrogen and oxygen atoms in total. The number of nitrogens with one attached hydrogen (secondary N) is 1. The average molecular weight is 349 g/mol. The highest BCUT2D eigenvalue weighted by molar-refractivity contribution is 6.31. The Kier molecular flexibility index (Phi) is 3.61. The number of fused-ring (bicyclic) bond motifs is 1. The van der Waals surface area contributed by atoms with Gasteiger partial charge in [-0.15, -0.1) is 5.10 Å². The van der Waals surface area contributed by atoms with Gasteiger partial charge >= 0.3 is 0 Å². The second-order valence-corrected chi connectivity index (χ2v) is 5.77. The number of benzene rings is 1. The van der Waals surface area contributed by atoms with E-state index in [2.05, 4.69) is 25.8 Å². The molecule has 0 saturated heterocycles. The van der Waals surface area contributed by atoms with Gasteiger partial charge in [-0.05, 0) is 24.3 Å². The Morgan fingerprint density at radius 1 is 1.21 bits per heavy atom. The lowest BCUT2D eigenvalue weighted by atomic mass is 10.1. The number of rotatable bonds is 3. The fourth-order valence-electron chi connectivity index (χ4n) is 2.57. The molecule has 0 fully saturated rings. The monoisotopic (exact) mass is 348 g/mol. The maximum absolute atomic E-state index is 14.0. The predicted molar refractivity (Wildman–Crippen MR) is 85.0 cm³/mol. The SMILES string of the molecule is Fc1ccc(F)c(Cn2nnc3ccc(C4C=NNC4)nc32)c1Cl. The fourth-order valence-corrected chi connectivity index (χ4v) is 2.79. The third-order valence-corrected chi connectivity index (χ3v) is 4.27. The van der Waals surface area contributed by atoms with Crippen LogP contribution < -0.4 is 5.43 Å². The van der Waals surface area contributed by atoms with E-state index in [9.17, 15) is 8.78 Å². The van der Waals surface area contributed by atoms with Crippen LogP contribution >= 0.6 is 11.6 Å². The van der Waals surface area contributed by atoms with E-state index in [4.69, 9.17) is 11.6 Å². The summed E-state index contributed by atoms with van der Waals surface area (Å²) in [7, 11) is 0. The van der Waals surface area contributed by atoms with Crippen LogP contribution in [0, 0.1) is 11.6 Å². The molecule has 3 aromatic rings. The van der Waals surface area contributed by atoms with E-state index >= 15 is 0 Å². The van der Waals surface area contributed by atoms with Crippen molar-refractivity contribution in [2.24, 2.45) is 5.10 Å². The van der Waals surface area contributed by atoms with Gasteiger partial charge in [0.05, 0.1) is 23.2 Å². The summed E-state index contributed by atoms with van der Waals surface area (Å²) < 4.78 is 29.0. The fraction of sp³-hybridized carbons (Fsp3) is 0.200. The zero-order valence-electron chi connectivity index (χ0n) is 12.2. The number of pyridine rings is 1. The highest BCUT2D eigenvalue weighted by Crippen LogP contribution is 2.25. The van der Waals surface area contributed by atoms with Crippen molar-refractivity contribution < 1.29 is 8.78 Å². The van der Waals surface area contributed by atoms with Crippen molar-refractivity contribution in [3.05, 3.63) is 52.2 Å². The van der Waals surface area contributed by atoms with Gasteiger partial charge in [-0.1, -0.05) is 16.8 Å². The minimum atomic E-state index is -0.681. The van der Waals surface area contributed by atoms with Crippen LogP contribution in [0.15, 0.2) is 29.4 Å². The van der Waals surface area contributed by atoms with Gasteiger partial charge in [0.15, 0.2) is 5.65 Å². The van der Waals surface area contributed by atoms with Gasteiger partial charge in [-0.25, -0.2) is 18.4 Å². The zero-order valence-corrected chi connectivity index (χ0v) is 13.0. The molecule has 1 N–H and O–H groups in total. The first-order valence-electron chi connectivity index (χ1n) is 7.22. The van der Waals surface area contributed by atoms with Crippen molar-refractivity contribution in [3.8, 4) is 0 Å². The van der Waals surface area contributed by atoms with Crippen molar-refractivity contribution in [2.45, 2.75) is 12.5 Å². The Bertz CT molecular complexity index is 955. The van der Waals surface area contributed by atoms with Crippen LogP contribution in [0.1, 0.15) is 17.2 Å². The number of halogens is 3. The lowest BCUT2D eigenvalue weighted by Gasteiger charge is -2.08. The Morgan fingerprint density at radius 3 is 2.83 bits per heavy atom. The third kappa shape index (κ3) is 2.48. The maximum Gasteiger partial charge on any atom is 0.179 e. The maximum atomic E-state index is 14.0. The third-order valence-electron chi connectivity index (χ3n) is 3.86. The Labute approximate surface area is 140 Å². The predicted octanol–water partition coefficient (Wildman–Crippen LogP) is 2.48. The molecule has 122 valence electrons. The van der Waals surface area contributed by atoms with E-state index in [1.165, 1.54) is 4.68 Å². The number of hydrogen-bond donors (Lipinski definition) is 1. The Hall–Kier alpha value is -2.61. The van der Waals surface area contributed by atoms with Crippen molar-refractivity contribution in [1.82, 2.24) is 25.4 Å². The summed E-state index contributed by atoms with van der Waals surface area (Å²) in [6, 6.07) is 5.66. The standard InChI is InChI=1S/C15H11ClF2N6/c16-14-9(10(17)1-2-11(14)18)7-24-15-13(22-23-24)4-3-12(21-15)8-5-19-20-6-8/h1-5,8,20H,6-7H2. The van der Waals surface area contributed by atoms with Crippen molar-refractivity contribution in [1.29, 1.82) is 0 Å². The zero-order chi connectivity index (χ0) is 16.7. The van der Waals surface area contributed by atoms with Crippen LogP contribution in [0.25, 0.3) is 11.2 Å². The molecule has 1 aliphatic rings. The molecule has 1 atom stereocenters. The molecular weight excluding hydrogens is 338 g/mol.